The molecule has 102 valence electrons. The molecule has 0 aromatic rings. The summed E-state index contributed by atoms with van der Waals surface area (Å²) in [6.45, 7) is 5.32. The molecule has 1 aliphatic heterocycles. The van der Waals surface area contributed by atoms with Gasteiger partial charge in [-0.1, -0.05) is 6.08 Å². The summed E-state index contributed by atoms with van der Waals surface area (Å²) in [6.07, 6.45) is 3.40. The Labute approximate surface area is 108 Å². The third-order valence-electron chi connectivity index (χ3n) is 2.67. The molecule has 0 saturated carbocycles. The van der Waals surface area contributed by atoms with E-state index in [0.717, 1.165) is 12.8 Å². The van der Waals surface area contributed by atoms with E-state index in [1.54, 1.807) is 19.9 Å². The van der Waals surface area contributed by atoms with Crippen LogP contribution in [0.1, 0.15) is 26.7 Å². The van der Waals surface area contributed by atoms with Gasteiger partial charge in [-0.15, -0.1) is 0 Å². The summed E-state index contributed by atoms with van der Waals surface area (Å²) >= 11 is 0. The van der Waals surface area contributed by atoms with E-state index in [2.05, 4.69) is 0 Å². The molecule has 0 atom stereocenters. The fourth-order valence-corrected chi connectivity index (χ4v) is 3.36. The van der Waals surface area contributed by atoms with E-state index in [-0.39, 0.29) is 24.4 Å². The summed E-state index contributed by atoms with van der Waals surface area (Å²) in [7, 11) is -3.44. The Morgan fingerprint density at radius 1 is 1.39 bits per heavy atom. The van der Waals surface area contributed by atoms with Gasteiger partial charge in [0.1, 0.15) is 11.4 Å². The number of nitriles is 1. The van der Waals surface area contributed by atoms with Crippen molar-refractivity contribution in [2.75, 3.05) is 26.4 Å². The molecule has 0 aromatic carbocycles. The normalized spacial score (nSPS) is 18.6. The zero-order valence-electron chi connectivity index (χ0n) is 10.9. The van der Waals surface area contributed by atoms with Gasteiger partial charge < -0.3 is 13.8 Å². The van der Waals surface area contributed by atoms with Crippen LogP contribution < -0.4 is 0 Å². The van der Waals surface area contributed by atoms with E-state index >= 15 is 0 Å². The summed E-state index contributed by atoms with van der Waals surface area (Å²) in [4.78, 5) is 0. The minimum Gasteiger partial charge on any atom is -0.381 e. The van der Waals surface area contributed by atoms with Gasteiger partial charge in [-0.05, 0) is 32.6 Å². The lowest BCUT2D eigenvalue weighted by atomic mass is 10.00. The lowest BCUT2D eigenvalue weighted by Crippen LogP contribution is -2.14. The molecule has 0 amide bonds. The van der Waals surface area contributed by atoms with Crippen LogP contribution in [-0.2, 0) is 18.3 Å². The number of hydrogen-bond donors (Lipinski definition) is 0. The van der Waals surface area contributed by atoms with Crippen molar-refractivity contribution in [1.82, 2.24) is 0 Å². The second kappa shape index (κ2) is 7.70. The van der Waals surface area contributed by atoms with E-state index in [9.17, 15) is 4.57 Å². The van der Waals surface area contributed by atoms with Gasteiger partial charge in [0, 0.05) is 13.2 Å². The molecule has 1 saturated heterocycles. The SMILES string of the molecule is CCOP(=O)(OCC)/C(C#N)=C/C1CCOCC1. The average Bonchev–Trinajstić information content (AvgIpc) is 2.37. The molecule has 1 heterocycles. The van der Waals surface area contributed by atoms with Crippen molar-refractivity contribution in [2.45, 2.75) is 26.7 Å². The monoisotopic (exact) mass is 273 g/mol. The molecule has 0 unspecified atom stereocenters. The molecule has 0 aliphatic carbocycles. The molecule has 0 bridgehead atoms. The Morgan fingerprint density at radius 3 is 2.39 bits per heavy atom. The second-order valence-electron chi connectivity index (χ2n) is 3.95. The molecule has 0 N–H and O–H groups in total. The predicted octanol–water partition coefficient (Wildman–Crippen LogP) is 3.09. The number of ether oxygens (including phenoxy) is 1. The van der Waals surface area contributed by atoms with Crippen molar-refractivity contribution in [3.8, 4) is 6.07 Å². The fourth-order valence-electron chi connectivity index (χ4n) is 1.81. The molecule has 18 heavy (non-hydrogen) atoms. The molecule has 5 nitrogen and oxygen atoms in total. The Kier molecular flexibility index (Phi) is 6.59. The zero-order valence-corrected chi connectivity index (χ0v) is 11.8. The maximum absolute atomic E-state index is 12.5. The minimum atomic E-state index is -3.44. The van der Waals surface area contributed by atoms with Gasteiger partial charge in [0.2, 0.25) is 0 Å². The molecular formula is C12H20NO4P. The second-order valence-corrected chi connectivity index (χ2v) is 5.94. The molecule has 1 aliphatic rings. The van der Waals surface area contributed by atoms with Crippen LogP contribution in [0.2, 0.25) is 0 Å². The van der Waals surface area contributed by atoms with Gasteiger partial charge in [-0.2, -0.15) is 5.26 Å². The first-order chi connectivity index (χ1) is 8.66. The first-order valence-corrected chi connectivity index (χ1v) is 7.80. The van der Waals surface area contributed by atoms with E-state index in [1.165, 1.54) is 0 Å². The quantitative estimate of drug-likeness (QED) is 0.549. The standard InChI is InChI=1S/C12H20NO4P/c1-3-16-18(14,17-4-2)12(10-13)9-11-5-7-15-8-6-11/h9,11H,3-8H2,1-2H3/b12-9+. The maximum Gasteiger partial charge on any atom is 0.371 e. The van der Waals surface area contributed by atoms with Crippen LogP contribution in [0.4, 0.5) is 0 Å². The van der Waals surface area contributed by atoms with Crippen molar-refractivity contribution in [3.63, 3.8) is 0 Å². The summed E-state index contributed by atoms with van der Waals surface area (Å²) in [5, 5.41) is 9.29. The number of rotatable bonds is 6. The van der Waals surface area contributed by atoms with Crippen molar-refractivity contribution in [1.29, 1.82) is 5.26 Å². The Balaban J connectivity index is 2.87. The highest BCUT2D eigenvalue weighted by atomic mass is 31.2. The Hall–Kier alpha value is -0.660. The third kappa shape index (κ3) is 4.22. The van der Waals surface area contributed by atoms with E-state index in [1.807, 2.05) is 6.07 Å². The average molecular weight is 273 g/mol. The third-order valence-corrected chi connectivity index (χ3v) is 4.70. The number of hydrogen-bond acceptors (Lipinski definition) is 5. The molecule has 1 fully saturated rings. The highest BCUT2D eigenvalue weighted by Crippen LogP contribution is 2.56. The minimum absolute atomic E-state index is 0.123. The molecule has 1 rings (SSSR count). The largest absolute Gasteiger partial charge is 0.381 e. The van der Waals surface area contributed by atoms with Crippen LogP contribution in [0.5, 0.6) is 0 Å². The van der Waals surface area contributed by atoms with Gasteiger partial charge in [-0.3, -0.25) is 4.57 Å². The fraction of sp³-hybridized carbons (Fsp3) is 0.750. The molecule has 6 heteroatoms. The first kappa shape index (κ1) is 15.4. The van der Waals surface area contributed by atoms with Crippen LogP contribution in [-0.4, -0.2) is 26.4 Å². The molecular weight excluding hydrogens is 253 g/mol. The van der Waals surface area contributed by atoms with Gasteiger partial charge in [0.05, 0.1) is 13.2 Å². The Bertz CT molecular complexity index is 359. The number of allylic oxidation sites excluding steroid dienone is 2. The summed E-state index contributed by atoms with van der Waals surface area (Å²) in [5.74, 6) is 0.211. The van der Waals surface area contributed by atoms with Crippen LogP contribution in [0.3, 0.4) is 0 Å². The smallest absolute Gasteiger partial charge is 0.371 e. The van der Waals surface area contributed by atoms with Crippen molar-refractivity contribution in [3.05, 3.63) is 11.4 Å². The van der Waals surface area contributed by atoms with E-state index < -0.39 is 7.60 Å². The van der Waals surface area contributed by atoms with Crippen LogP contribution in [0.25, 0.3) is 0 Å². The van der Waals surface area contributed by atoms with Gasteiger partial charge >= 0.3 is 7.60 Å². The number of nitrogens with zero attached hydrogens (tertiary/aromatic N) is 1. The zero-order chi connectivity index (χ0) is 13.4. The van der Waals surface area contributed by atoms with Gasteiger partial charge in [0.25, 0.3) is 0 Å². The Morgan fingerprint density at radius 2 is 1.94 bits per heavy atom. The van der Waals surface area contributed by atoms with Gasteiger partial charge in [0.15, 0.2) is 0 Å². The van der Waals surface area contributed by atoms with Crippen LogP contribution in [0.15, 0.2) is 11.4 Å². The molecule has 0 aromatic heterocycles. The predicted molar refractivity (Wildman–Crippen MR) is 68.1 cm³/mol. The van der Waals surface area contributed by atoms with E-state index in [4.69, 9.17) is 19.0 Å². The molecule has 0 spiro atoms. The highest BCUT2D eigenvalue weighted by molar-refractivity contribution is 7.58. The van der Waals surface area contributed by atoms with Crippen LogP contribution in [0, 0.1) is 17.2 Å². The lowest BCUT2D eigenvalue weighted by molar-refractivity contribution is 0.0784. The maximum atomic E-state index is 12.5. The van der Waals surface area contributed by atoms with E-state index in [0.29, 0.717) is 13.2 Å². The topological polar surface area (TPSA) is 68.5 Å². The highest BCUT2D eigenvalue weighted by Gasteiger charge is 2.30. The van der Waals surface area contributed by atoms with Crippen LogP contribution >= 0.6 is 7.60 Å². The summed E-state index contributed by atoms with van der Waals surface area (Å²) in [5.41, 5.74) is 0. The van der Waals surface area contributed by atoms with Crippen molar-refractivity contribution < 1.29 is 18.3 Å². The summed E-state index contributed by atoms with van der Waals surface area (Å²) < 4.78 is 28.1. The van der Waals surface area contributed by atoms with Crippen molar-refractivity contribution in [2.24, 2.45) is 5.92 Å². The summed E-state index contributed by atoms with van der Waals surface area (Å²) in [6, 6.07) is 1.97. The lowest BCUT2D eigenvalue weighted by Gasteiger charge is -2.21. The molecule has 0 radical (unpaired) electrons. The first-order valence-electron chi connectivity index (χ1n) is 6.25. The van der Waals surface area contributed by atoms with Crippen molar-refractivity contribution >= 4 is 7.60 Å². The van der Waals surface area contributed by atoms with Gasteiger partial charge in [-0.25, -0.2) is 0 Å².